The molecule has 0 heterocycles. The van der Waals surface area contributed by atoms with E-state index in [1.54, 1.807) is 0 Å². The van der Waals surface area contributed by atoms with E-state index in [1.807, 2.05) is 32.2 Å². The van der Waals surface area contributed by atoms with E-state index < -0.39 is 0 Å². The smallest absolute Gasteiger partial charge is 0.253 e. The fourth-order valence-electron chi connectivity index (χ4n) is 2.57. The molecule has 0 unspecified atom stereocenters. The van der Waals surface area contributed by atoms with Crippen LogP contribution in [0.3, 0.4) is 0 Å². The number of amides is 1. The summed E-state index contributed by atoms with van der Waals surface area (Å²) in [5.74, 6) is -0.0215. The first-order valence-electron chi connectivity index (χ1n) is 7.69. The molecule has 0 aliphatic heterocycles. The largest absolute Gasteiger partial charge is 0.387 e. The van der Waals surface area contributed by atoms with E-state index in [0.717, 1.165) is 17.8 Å². The second kappa shape index (κ2) is 8.03. The highest BCUT2D eigenvalue weighted by Gasteiger charge is 2.14. The average molecular weight is 291 g/mol. The number of carbonyl (C=O) groups is 1. The van der Waals surface area contributed by atoms with Crippen molar-refractivity contribution in [3.63, 3.8) is 0 Å². The Morgan fingerprint density at radius 1 is 1.19 bits per heavy atom. The summed E-state index contributed by atoms with van der Waals surface area (Å²) in [5, 5.41) is 6.09. The van der Waals surface area contributed by atoms with Crippen molar-refractivity contribution in [2.75, 3.05) is 25.5 Å². The van der Waals surface area contributed by atoms with Gasteiger partial charge in [0.25, 0.3) is 5.91 Å². The summed E-state index contributed by atoms with van der Waals surface area (Å²) in [6.07, 6.45) is 0. The third-order valence-electron chi connectivity index (χ3n) is 3.67. The highest BCUT2D eigenvalue weighted by molar-refractivity contribution is 5.99. The average Bonchev–Trinajstić information content (AvgIpc) is 2.42. The first-order chi connectivity index (χ1) is 9.86. The van der Waals surface area contributed by atoms with Gasteiger partial charge in [-0.25, -0.2) is 0 Å². The first kappa shape index (κ1) is 17.5. The van der Waals surface area contributed by atoms with Gasteiger partial charge in [-0.05, 0) is 52.3 Å². The van der Waals surface area contributed by atoms with Gasteiger partial charge in [0.15, 0.2) is 0 Å². The predicted octanol–water partition coefficient (Wildman–Crippen LogP) is 2.89. The van der Waals surface area contributed by atoms with Gasteiger partial charge in [0.1, 0.15) is 0 Å². The third-order valence-corrected chi connectivity index (χ3v) is 3.67. The minimum Gasteiger partial charge on any atom is -0.387 e. The second-order valence-corrected chi connectivity index (χ2v) is 5.98. The number of anilines is 1. The molecule has 0 aromatic heterocycles. The van der Waals surface area contributed by atoms with E-state index in [-0.39, 0.29) is 5.91 Å². The Labute approximate surface area is 128 Å². The molecule has 0 spiro atoms. The highest BCUT2D eigenvalue weighted by Crippen LogP contribution is 2.16. The molecule has 1 amide bonds. The molecule has 0 aliphatic carbocycles. The van der Waals surface area contributed by atoms with Crippen molar-refractivity contribution in [2.24, 2.45) is 0 Å². The van der Waals surface area contributed by atoms with Crippen molar-refractivity contribution in [1.29, 1.82) is 0 Å². The molecule has 0 saturated carbocycles. The van der Waals surface area contributed by atoms with Gasteiger partial charge in [0.05, 0.1) is 5.56 Å². The molecule has 4 heteroatoms. The van der Waals surface area contributed by atoms with Crippen LogP contribution in [-0.2, 0) is 0 Å². The maximum atomic E-state index is 12.3. The summed E-state index contributed by atoms with van der Waals surface area (Å²) < 4.78 is 0. The summed E-state index contributed by atoms with van der Waals surface area (Å²) in [6, 6.07) is 6.79. The van der Waals surface area contributed by atoms with Gasteiger partial charge < -0.3 is 10.6 Å². The molecule has 1 aromatic carbocycles. The molecule has 0 fully saturated rings. The molecule has 1 aromatic rings. The fraction of sp³-hybridized carbons (Fsp3) is 0.588. The number of benzene rings is 1. The summed E-state index contributed by atoms with van der Waals surface area (Å²) in [4.78, 5) is 14.7. The van der Waals surface area contributed by atoms with E-state index in [0.29, 0.717) is 24.2 Å². The van der Waals surface area contributed by atoms with Crippen molar-refractivity contribution < 1.29 is 4.79 Å². The topological polar surface area (TPSA) is 44.4 Å². The van der Waals surface area contributed by atoms with Gasteiger partial charge in [-0.1, -0.05) is 6.07 Å². The predicted molar refractivity (Wildman–Crippen MR) is 90.0 cm³/mol. The molecule has 2 N–H and O–H groups in total. The zero-order valence-electron chi connectivity index (χ0n) is 14.2. The van der Waals surface area contributed by atoms with Crippen LogP contribution in [0, 0.1) is 6.92 Å². The number of nitrogens with one attached hydrogen (secondary N) is 2. The van der Waals surface area contributed by atoms with Crippen LogP contribution in [0.4, 0.5) is 5.69 Å². The summed E-state index contributed by atoms with van der Waals surface area (Å²) in [7, 11) is 1.84. The van der Waals surface area contributed by atoms with Crippen molar-refractivity contribution in [2.45, 2.75) is 46.7 Å². The zero-order valence-corrected chi connectivity index (χ0v) is 14.2. The molecule has 0 aliphatic rings. The Bertz CT molecular complexity index is 461. The van der Waals surface area contributed by atoms with Crippen molar-refractivity contribution in [3.05, 3.63) is 29.3 Å². The Morgan fingerprint density at radius 3 is 2.33 bits per heavy atom. The summed E-state index contributed by atoms with van der Waals surface area (Å²) in [6.45, 7) is 12.3. The number of carbonyl (C=O) groups excluding carboxylic acids is 1. The highest BCUT2D eigenvalue weighted by atomic mass is 16.1. The van der Waals surface area contributed by atoms with Crippen LogP contribution in [0.25, 0.3) is 0 Å². The number of hydrogen-bond donors (Lipinski definition) is 2. The molecule has 118 valence electrons. The molecule has 4 nitrogen and oxygen atoms in total. The molecule has 0 saturated heterocycles. The molecule has 0 bridgehead atoms. The molecule has 0 atom stereocenters. The van der Waals surface area contributed by atoms with E-state index in [1.165, 1.54) is 0 Å². The summed E-state index contributed by atoms with van der Waals surface area (Å²) >= 11 is 0. The van der Waals surface area contributed by atoms with Crippen LogP contribution in [0.15, 0.2) is 18.2 Å². The van der Waals surface area contributed by atoms with Crippen LogP contribution in [0.1, 0.15) is 43.6 Å². The van der Waals surface area contributed by atoms with Crippen LogP contribution in [-0.4, -0.2) is 43.0 Å². The maximum absolute atomic E-state index is 12.3. The number of rotatable bonds is 7. The maximum Gasteiger partial charge on any atom is 0.253 e. The lowest BCUT2D eigenvalue weighted by molar-refractivity contribution is 0.0940. The first-order valence-corrected chi connectivity index (χ1v) is 7.69. The Balaban J connectivity index is 2.62. The zero-order chi connectivity index (χ0) is 16.0. The minimum atomic E-state index is -0.0215. The van der Waals surface area contributed by atoms with Crippen molar-refractivity contribution in [1.82, 2.24) is 10.2 Å². The lowest BCUT2D eigenvalue weighted by Crippen LogP contribution is -2.42. The number of hydrogen-bond acceptors (Lipinski definition) is 3. The van der Waals surface area contributed by atoms with E-state index in [2.05, 4.69) is 43.2 Å². The van der Waals surface area contributed by atoms with Crippen LogP contribution < -0.4 is 10.6 Å². The molecule has 21 heavy (non-hydrogen) atoms. The second-order valence-electron chi connectivity index (χ2n) is 5.98. The van der Waals surface area contributed by atoms with Crippen LogP contribution >= 0.6 is 0 Å². The van der Waals surface area contributed by atoms with Crippen LogP contribution in [0.5, 0.6) is 0 Å². The van der Waals surface area contributed by atoms with E-state index in [9.17, 15) is 4.79 Å². The molecular weight excluding hydrogens is 262 g/mol. The SMILES string of the molecule is CNc1cc(C)ccc1C(=O)NCCN(C(C)C)C(C)C. The monoisotopic (exact) mass is 291 g/mol. The lowest BCUT2D eigenvalue weighted by Gasteiger charge is -2.30. The minimum absolute atomic E-state index is 0.0215. The van der Waals surface area contributed by atoms with Gasteiger partial charge in [-0.15, -0.1) is 0 Å². The van der Waals surface area contributed by atoms with Gasteiger partial charge >= 0.3 is 0 Å². The number of nitrogens with zero attached hydrogens (tertiary/aromatic N) is 1. The molecule has 0 radical (unpaired) electrons. The van der Waals surface area contributed by atoms with Crippen molar-refractivity contribution in [3.8, 4) is 0 Å². The van der Waals surface area contributed by atoms with Gasteiger partial charge in [-0.3, -0.25) is 9.69 Å². The van der Waals surface area contributed by atoms with Crippen molar-refractivity contribution >= 4 is 11.6 Å². The molecule has 1 rings (SSSR count). The standard InChI is InChI=1S/C17H29N3O/c1-12(2)20(13(3)4)10-9-19-17(21)15-8-7-14(5)11-16(15)18-6/h7-8,11-13,18H,9-10H2,1-6H3,(H,19,21). The lowest BCUT2D eigenvalue weighted by atomic mass is 10.1. The normalized spacial score (nSPS) is 11.3. The van der Waals surface area contributed by atoms with Gasteiger partial charge in [-0.2, -0.15) is 0 Å². The van der Waals surface area contributed by atoms with Crippen LogP contribution in [0.2, 0.25) is 0 Å². The third kappa shape index (κ3) is 5.05. The van der Waals surface area contributed by atoms with E-state index >= 15 is 0 Å². The Kier molecular flexibility index (Phi) is 6.69. The fourth-order valence-corrected chi connectivity index (χ4v) is 2.57. The quantitative estimate of drug-likeness (QED) is 0.812. The number of aryl methyl sites for hydroxylation is 1. The van der Waals surface area contributed by atoms with E-state index in [4.69, 9.17) is 0 Å². The summed E-state index contributed by atoms with van der Waals surface area (Å²) in [5.41, 5.74) is 2.71. The Morgan fingerprint density at radius 2 is 1.81 bits per heavy atom. The van der Waals surface area contributed by atoms with Gasteiger partial charge in [0, 0.05) is 37.9 Å². The Hall–Kier alpha value is -1.55. The van der Waals surface area contributed by atoms with Gasteiger partial charge in [0.2, 0.25) is 0 Å². The molecular formula is C17H29N3O.